The van der Waals surface area contributed by atoms with Crippen LogP contribution in [0.25, 0.3) is 0 Å². The van der Waals surface area contributed by atoms with Gasteiger partial charge in [0.25, 0.3) is 0 Å². The molecule has 224 valence electrons. The molecule has 0 bridgehead atoms. The van der Waals surface area contributed by atoms with Crippen LogP contribution in [0.2, 0.25) is 0 Å². The molecule has 0 aromatic heterocycles. The van der Waals surface area contributed by atoms with Gasteiger partial charge in [0, 0.05) is 0 Å². The van der Waals surface area contributed by atoms with E-state index in [1.54, 1.807) is 11.1 Å². The molecule has 0 saturated heterocycles. The fourth-order valence-electron chi connectivity index (χ4n) is 6.32. The maximum atomic E-state index is 10.1. The van der Waals surface area contributed by atoms with Gasteiger partial charge < -0.3 is 5.11 Å². The monoisotopic (exact) mass is 554 g/mol. The van der Waals surface area contributed by atoms with E-state index in [-0.39, 0.29) is 11.5 Å². The maximum Gasteiger partial charge on any atom is 0.0585 e. The molecule has 2 aliphatic carbocycles. The van der Waals surface area contributed by atoms with E-state index in [0.29, 0.717) is 5.41 Å². The Hall–Kier alpha value is -2.64. The van der Waals surface area contributed by atoms with Gasteiger partial charge in [-0.15, -0.1) is 0 Å². The van der Waals surface area contributed by atoms with Crippen molar-refractivity contribution in [2.24, 2.45) is 10.8 Å². The molecule has 2 rings (SSSR count). The topological polar surface area (TPSA) is 20.2 Å². The van der Waals surface area contributed by atoms with Gasteiger partial charge in [0.05, 0.1) is 6.10 Å². The number of allylic oxidation sites excluding steroid dienone is 19. The summed E-state index contributed by atoms with van der Waals surface area (Å²) in [4.78, 5) is 0. The van der Waals surface area contributed by atoms with Crippen molar-refractivity contribution in [2.75, 3.05) is 0 Å². The average molecular weight is 555 g/mol. The van der Waals surface area contributed by atoms with E-state index in [4.69, 9.17) is 0 Å². The molecular weight excluding hydrogens is 496 g/mol. The highest BCUT2D eigenvalue weighted by molar-refractivity contribution is 5.38. The predicted molar refractivity (Wildman–Crippen MR) is 183 cm³/mol. The standard InChI is InChI=1S/C40H58O/c1-30(18-13-20-32(3)23-25-37-34(5)22-15-27-39(37,7)8)16-11-12-17-31(2)19-14-21-33(4)24-26-38-35(6)28-36(41)29-40(38,9)10/h11-14,16-21,24,26,36,41H,15,22-23,25,27-29H2,1-10H3/b12-11+,18-13+,19-14+,26-24+,30-16+,31-17+,32-20+,33-21+/t36-/m1/s1. The van der Waals surface area contributed by atoms with E-state index in [9.17, 15) is 5.11 Å². The lowest BCUT2D eigenvalue weighted by molar-refractivity contribution is 0.116. The fraction of sp³-hybridized carbons (Fsp3) is 0.500. The van der Waals surface area contributed by atoms with Crippen molar-refractivity contribution >= 4 is 0 Å². The summed E-state index contributed by atoms with van der Waals surface area (Å²) in [6.07, 6.45) is 33.7. The van der Waals surface area contributed by atoms with Gasteiger partial charge in [-0.25, -0.2) is 0 Å². The summed E-state index contributed by atoms with van der Waals surface area (Å²) in [5, 5.41) is 10.1. The second-order valence-electron chi connectivity index (χ2n) is 13.8. The molecule has 0 spiro atoms. The molecule has 0 saturated carbocycles. The molecule has 0 aliphatic heterocycles. The third-order valence-corrected chi connectivity index (χ3v) is 8.73. The second kappa shape index (κ2) is 16.1. The minimum Gasteiger partial charge on any atom is -0.393 e. The molecule has 0 unspecified atom stereocenters. The molecule has 0 aromatic carbocycles. The third kappa shape index (κ3) is 12.0. The number of aliphatic hydroxyl groups is 1. The Balaban J connectivity index is 1.85. The molecule has 1 nitrogen and oxygen atoms in total. The first kappa shape index (κ1) is 34.6. The lowest BCUT2D eigenvalue weighted by Gasteiger charge is -2.35. The summed E-state index contributed by atoms with van der Waals surface area (Å²) in [6, 6.07) is 0. The van der Waals surface area contributed by atoms with Crippen LogP contribution >= 0.6 is 0 Å². The number of hydrogen-bond acceptors (Lipinski definition) is 1. The van der Waals surface area contributed by atoms with Crippen LogP contribution in [-0.4, -0.2) is 11.2 Å². The van der Waals surface area contributed by atoms with E-state index >= 15 is 0 Å². The highest BCUT2D eigenvalue weighted by Crippen LogP contribution is 2.43. The first-order valence-electron chi connectivity index (χ1n) is 15.7. The van der Waals surface area contributed by atoms with E-state index in [2.05, 4.69) is 142 Å². The van der Waals surface area contributed by atoms with E-state index < -0.39 is 0 Å². The second-order valence-corrected chi connectivity index (χ2v) is 13.8. The zero-order chi connectivity index (χ0) is 30.6. The Morgan fingerprint density at radius 1 is 0.756 bits per heavy atom. The van der Waals surface area contributed by atoms with Crippen molar-refractivity contribution in [1.82, 2.24) is 0 Å². The largest absolute Gasteiger partial charge is 0.393 e. The normalized spacial score (nSPS) is 23.3. The van der Waals surface area contributed by atoms with E-state index in [1.165, 1.54) is 59.1 Å². The summed E-state index contributed by atoms with van der Waals surface area (Å²) >= 11 is 0. The zero-order valence-electron chi connectivity index (χ0n) is 27.9. The Labute approximate surface area is 253 Å². The lowest BCUT2D eigenvalue weighted by Crippen LogP contribution is -2.28. The summed E-state index contributed by atoms with van der Waals surface area (Å²) in [6.45, 7) is 22.4. The van der Waals surface area contributed by atoms with Crippen LogP contribution in [0.3, 0.4) is 0 Å². The van der Waals surface area contributed by atoms with E-state index in [0.717, 1.165) is 19.3 Å². The average Bonchev–Trinajstić information content (AvgIpc) is 2.84. The quantitative estimate of drug-likeness (QED) is 0.199. The molecule has 0 fully saturated rings. The minimum absolute atomic E-state index is 0.0154. The third-order valence-electron chi connectivity index (χ3n) is 8.73. The molecule has 1 atom stereocenters. The van der Waals surface area contributed by atoms with Crippen molar-refractivity contribution in [3.8, 4) is 0 Å². The molecule has 1 heteroatoms. The summed E-state index contributed by atoms with van der Waals surface area (Å²) in [5.41, 5.74) is 11.5. The SMILES string of the molecule is CC1=C(/C=C/C(C)=C/C=C/C(C)=C/C=C/C=C(C)/C=C/C=C(\C)CCC2=C(C)CCCC2(C)C)C(C)(C)C[C@H](O)C1. The van der Waals surface area contributed by atoms with E-state index in [1.807, 2.05) is 0 Å². The molecule has 2 aliphatic rings. The smallest absolute Gasteiger partial charge is 0.0585 e. The predicted octanol–water partition coefficient (Wildman–Crippen LogP) is 11.8. The van der Waals surface area contributed by atoms with Crippen molar-refractivity contribution in [3.63, 3.8) is 0 Å². The first-order chi connectivity index (χ1) is 19.2. The summed E-state index contributed by atoms with van der Waals surface area (Å²) in [7, 11) is 0. The zero-order valence-corrected chi connectivity index (χ0v) is 27.9. The number of rotatable bonds is 11. The van der Waals surface area contributed by atoms with Crippen LogP contribution in [0.5, 0.6) is 0 Å². The molecule has 0 heterocycles. The van der Waals surface area contributed by atoms with Crippen LogP contribution in [0.4, 0.5) is 0 Å². The van der Waals surface area contributed by atoms with Gasteiger partial charge in [0.1, 0.15) is 0 Å². The van der Waals surface area contributed by atoms with Gasteiger partial charge in [-0.3, -0.25) is 0 Å². The molecular formula is C40H58O. The molecule has 0 radical (unpaired) electrons. The van der Waals surface area contributed by atoms with Crippen LogP contribution < -0.4 is 0 Å². The molecule has 41 heavy (non-hydrogen) atoms. The highest BCUT2D eigenvalue weighted by Gasteiger charge is 2.31. The van der Waals surface area contributed by atoms with Crippen molar-refractivity contribution in [2.45, 2.75) is 120 Å². The van der Waals surface area contributed by atoms with Crippen LogP contribution in [0.1, 0.15) is 114 Å². The van der Waals surface area contributed by atoms with Gasteiger partial charge >= 0.3 is 0 Å². The van der Waals surface area contributed by atoms with Crippen molar-refractivity contribution in [3.05, 3.63) is 117 Å². The fourth-order valence-corrected chi connectivity index (χ4v) is 6.32. The van der Waals surface area contributed by atoms with Crippen LogP contribution in [0.15, 0.2) is 117 Å². The first-order valence-corrected chi connectivity index (χ1v) is 15.7. The van der Waals surface area contributed by atoms with Gasteiger partial charge in [0.2, 0.25) is 0 Å². The number of aliphatic hydroxyl groups excluding tert-OH is 1. The van der Waals surface area contributed by atoms with Gasteiger partial charge in [-0.1, -0.05) is 140 Å². The van der Waals surface area contributed by atoms with Gasteiger partial charge in [-0.05, 0) is 103 Å². The van der Waals surface area contributed by atoms with Gasteiger partial charge in [0.15, 0.2) is 0 Å². The lowest BCUT2D eigenvalue weighted by atomic mass is 9.71. The van der Waals surface area contributed by atoms with Gasteiger partial charge in [-0.2, -0.15) is 0 Å². The summed E-state index contributed by atoms with van der Waals surface area (Å²) in [5.74, 6) is 0. The van der Waals surface area contributed by atoms with Crippen molar-refractivity contribution in [1.29, 1.82) is 0 Å². The Bertz CT molecular complexity index is 1210. The highest BCUT2D eigenvalue weighted by atomic mass is 16.3. The minimum atomic E-state index is -0.218. The number of hydrogen-bond donors (Lipinski definition) is 1. The Kier molecular flexibility index (Phi) is 13.6. The molecule has 1 N–H and O–H groups in total. The van der Waals surface area contributed by atoms with Crippen molar-refractivity contribution < 1.29 is 5.11 Å². The molecule has 0 amide bonds. The maximum absolute atomic E-state index is 10.1. The van der Waals surface area contributed by atoms with Crippen LogP contribution in [-0.2, 0) is 0 Å². The summed E-state index contributed by atoms with van der Waals surface area (Å²) < 4.78 is 0. The molecule has 0 aromatic rings. The van der Waals surface area contributed by atoms with Crippen LogP contribution in [0, 0.1) is 10.8 Å². The Morgan fingerprint density at radius 2 is 1.32 bits per heavy atom. The Morgan fingerprint density at radius 3 is 1.90 bits per heavy atom.